The molecule has 4 aromatic rings. The highest BCUT2D eigenvalue weighted by Gasteiger charge is 2.18. The van der Waals surface area contributed by atoms with Gasteiger partial charge in [-0.3, -0.25) is 0 Å². The maximum Gasteiger partial charge on any atom is 0.151 e. The molecular formula is C27H17F4N. The van der Waals surface area contributed by atoms with Crippen LogP contribution >= 0.6 is 0 Å². The molecule has 4 rings (SSSR count). The molecule has 0 heterocycles. The van der Waals surface area contributed by atoms with Crippen molar-refractivity contribution in [3.8, 4) is 28.3 Å². The van der Waals surface area contributed by atoms with E-state index in [1.807, 2.05) is 18.2 Å². The van der Waals surface area contributed by atoms with Gasteiger partial charge in [-0.1, -0.05) is 42.5 Å². The summed E-state index contributed by atoms with van der Waals surface area (Å²) < 4.78 is 58.3. The number of benzene rings is 4. The minimum Gasteiger partial charge on any atom is -0.206 e. The standard InChI is InChI=1S/C27H17F4N/c1-2-3-4-16-5-7-17(8-6-16)19-12-24(29)26(25(30)13-19)18-9-10-21-20(11-18)14-23(28)22(15-32)27(21)31/h2,5-14H,1,3-4H2. The normalized spacial score (nSPS) is 10.8. The molecule has 0 fully saturated rings. The van der Waals surface area contributed by atoms with Crippen LogP contribution in [0.1, 0.15) is 17.5 Å². The van der Waals surface area contributed by atoms with Crippen LogP contribution in [0.3, 0.4) is 0 Å². The molecule has 0 aliphatic heterocycles. The number of hydrogen-bond donors (Lipinski definition) is 0. The van der Waals surface area contributed by atoms with Crippen molar-refractivity contribution in [2.75, 3.05) is 0 Å². The Balaban J connectivity index is 1.74. The van der Waals surface area contributed by atoms with Crippen molar-refractivity contribution in [1.29, 1.82) is 5.26 Å². The molecule has 0 aliphatic rings. The molecule has 0 saturated heterocycles. The van der Waals surface area contributed by atoms with Crippen molar-refractivity contribution in [2.24, 2.45) is 0 Å². The summed E-state index contributed by atoms with van der Waals surface area (Å²) in [4.78, 5) is 0. The first-order chi connectivity index (χ1) is 15.4. The average molecular weight is 431 g/mol. The number of hydrogen-bond acceptors (Lipinski definition) is 1. The summed E-state index contributed by atoms with van der Waals surface area (Å²) in [5, 5.41) is 9.01. The highest BCUT2D eigenvalue weighted by atomic mass is 19.1. The number of aryl methyl sites for hydroxylation is 1. The molecule has 0 N–H and O–H groups in total. The van der Waals surface area contributed by atoms with Crippen LogP contribution in [-0.2, 0) is 6.42 Å². The SMILES string of the molecule is C=CCCc1ccc(-c2cc(F)c(-c3ccc4c(F)c(C#N)c(F)cc4c3)c(F)c2)cc1. The van der Waals surface area contributed by atoms with E-state index in [1.54, 1.807) is 12.1 Å². The lowest BCUT2D eigenvalue weighted by Crippen LogP contribution is -1.95. The van der Waals surface area contributed by atoms with Crippen molar-refractivity contribution in [3.05, 3.63) is 108 Å². The predicted molar refractivity (Wildman–Crippen MR) is 118 cm³/mol. The van der Waals surface area contributed by atoms with Crippen molar-refractivity contribution in [3.63, 3.8) is 0 Å². The molecule has 0 aromatic heterocycles. The second-order valence-electron chi connectivity index (χ2n) is 7.43. The summed E-state index contributed by atoms with van der Waals surface area (Å²) in [6.45, 7) is 3.69. The summed E-state index contributed by atoms with van der Waals surface area (Å²) in [7, 11) is 0. The zero-order valence-corrected chi connectivity index (χ0v) is 16.9. The Morgan fingerprint density at radius 3 is 2.06 bits per heavy atom. The lowest BCUT2D eigenvalue weighted by Gasteiger charge is -2.11. The number of allylic oxidation sites excluding steroid dienone is 1. The van der Waals surface area contributed by atoms with Crippen molar-refractivity contribution in [1.82, 2.24) is 0 Å². The van der Waals surface area contributed by atoms with Gasteiger partial charge >= 0.3 is 0 Å². The third-order valence-electron chi connectivity index (χ3n) is 5.40. The van der Waals surface area contributed by atoms with Gasteiger partial charge in [0.25, 0.3) is 0 Å². The number of halogens is 4. The largest absolute Gasteiger partial charge is 0.206 e. The average Bonchev–Trinajstić information content (AvgIpc) is 2.77. The van der Waals surface area contributed by atoms with Crippen LogP contribution in [0.2, 0.25) is 0 Å². The number of fused-ring (bicyclic) bond motifs is 1. The van der Waals surface area contributed by atoms with Crippen molar-refractivity contribution >= 4 is 10.8 Å². The Labute approximate surface area is 182 Å². The Hall–Kier alpha value is -3.91. The highest BCUT2D eigenvalue weighted by Crippen LogP contribution is 2.34. The third-order valence-corrected chi connectivity index (χ3v) is 5.40. The lowest BCUT2D eigenvalue weighted by atomic mass is 9.95. The molecule has 0 aliphatic carbocycles. The fourth-order valence-electron chi connectivity index (χ4n) is 3.74. The zero-order chi connectivity index (χ0) is 22.8. The van der Waals surface area contributed by atoms with Gasteiger partial charge in [-0.25, -0.2) is 17.6 Å². The van der Waals surface area contributed by atoms with E-state index >= 15 is 0 Å². The van der Waals surface area contributed by atoms with Crippen LogP contribution in [0.25, 0.3) is 33.0 Å². The highest BCUT2D eigenvalue weighted by molar-refractivity contribution is 5.89. The first kappa shape index (κ1) is 21.3. The molecule has 5 heteroatoms. The number of nitrogens with zero attached hydrogens (tertiary/aromatic N) is 1. The summed E-state index contributed by atoms with van der Waals surface area (Å²) in [6.07, 6.45) is 3.51. The van der Waals surface area contributed by atoms with Crippen LogP contribution < -0.4 is 0 Å². The number of rotatable bonds is 5. The van der Waals surface area contributed by atoms with Gasteiger partial charge in [0.2, 0.25) is 0 Å². The van der Waals surface area contributed by atoms with Gasteiger partial charge in [0.1, 0.15) is 29.1 Å². The third kappa shape index (κ3) is 3.88. The first-order valence-electron chi connectivity index (χ1n) is 9.94. The maximum absolute atomic E-state index is 15.0. The second-order valence-corrected chi connectivity index (χ2v) is 7.43. The van der Waals surface area contributed by atoms with Gasteiger partial charge in [0.05, 0.1) is 5.56 Å². The first-order valence-corrected chi connectivity index (χ1v) is 9.94. The van der Waals surface area contributed by atoms with Gasteiger partial charge < -0.3 is 0 Å². The summed E-state index contributed by atoms with van der Waals surface area (Å²) in [6, 6.07) is 16.3. The molecule has 0 amide bonds. The molecule has 4 aromatic carbocycles. The smallest absolute Gasteiger partial charge is 0.151 e. The van der Waals surface area contributed by atoms with Gasteiger partial charge in [0, 0.05) is 5.39 Å². The zero-order valence-electron chi connectivity index (χ0n) is 16.9. The fourth-order valence-corrected chi connectivity index (χ4v) is 3.74. The lowest BCUT2D eigenvalue weighted by molar-refractivity contribution is 0.585. The van der Waals surface area contributed by atoms with Crippen LogP contribution in [0.4, 0.5) is 17.6 Å². The molecular weight excluding hydrogens is 414 g/mol. The van der Waals surface area contributed by atoms with Crippen LogP contribution in [0, 0.1) is 34.6 Å². The van der Waals surface area contributed by atoms with Gasteiger partial charge in [-0.05, 0) is 64.7 Å². The Kier molecular flexibility index (Phi) is 5.79. The second kappa shape index (κ2) is 8.68. The van der Waals surface area contributed by atoms with E-state index in [2.05, 4.69) is 6.58 Å². The topological polar surface area (TPSA) is 23.8 Å². The van der Waals surface area contributed by atoms with Gasteiger partial charge in [0.15, 0.2) is 5.82 Å². The predicted octanol–water partition coefficient (Wildman–Crippen LogP) is 7.72. The quantitative estimate of drug-likeness (QED) is 0.234. The van der Waals surface area contributed by atoms with E-state index in [-0.39, 0.29) is 21.9 Å². The van der Waals surface area contributed by atoms with Crippen LogP contribution in [-0.4, -0.2) is 0 Å². The fraction of sp³-hybridized carbons (Fsp3) is 0.0741. The number of nitriles is 1. The van der Waals surface area contributed by atoms with E-state index in [9.17, 15) is 17.6 Å². The molecule has 158 valence electrons. The monoisotopic (exact) mass is 431 g/mol. The van der Waals surface area contributed by atoms with E-state index < -0.39 is 28.8 Å². The van der Waals surface area contributed by atoms with E-state index in [1.165, 1.54) is 36.4 Å². The summed E-state index contributed by atoms with van der Waals surface area (Å²) in [5.74, 6) is -3.60. The van der Waals surface area contributed by atoms with Gasteiger partial charge in [-0.2, -0.15) is 5.26 Å². The molecule has 1 nitrogen and oxygen atoms in total. The van der Waals surface area contributed by atoms with Crippen LogP contribution in [0.15, 0.2) is 73.3 Å². The summed E-state index contributed by atoms with van der Waals surface area (Å²) >= 11 is 0. The van der Waals surface area contributed by atoms with E-state index in [4.69, 9.17) is 5.26 Å². The van der Waals surface area contributed by atoms with Crippen molar-refractivity contribution in [2.45, 2.75) is 12.8 Å². The maximum atomic E-state index is 15.0. The Morgan fingerprint density at radius 2 is 1.44 bits per heavy atom. The Bertz CT molecular complexity index is 1360. The molecule has 0 spiro atoms. The molecule has 0 atom stereocenters. The molecule has 0 radical (unpaired) electrons. The van der Waals surface area contributed by atoms with Crippen molar-refractivity contribution < 1.29 is 17.6 Å². The Morgan fingerprint density at radius 1 is 0.781 bits per heavy atom. The summed E-state index contributed by atoms with van der Waals surface area (Å²) in [5.41, 5.74) is 1.31. The minimum atomic E-state index is -1.03. The molecule has 0 unspecified atom stereocenters. The van der Waals surface area contributed by atoms with Gasteiger partial charge in [-0.15, -0.1) is 6.58 Å². The molecule has 0 bridgehead atoms. The molecule has 0 saturated carbocycles. The minimum absolute atomic E-state index is 0.000630. The van der Waals surface area contributed by atoms with E-state index in [0.29, 0.717) is 11.1 Å². The van der Waals surface area contributed by atoms with Crippen LogP contribution in [0.5, 0.6) is 0 Å². The molecule has 32 heavy (non-hydrogen) atoms. The van der Waals surface area contributed by atoms with E-state index in [0.717, 1.165) is 24.5 Å².